The third-order valence-electron chi connectivity index (χ3n) is 3.38. The van der Waals surface area contributed by atoms with Gasteiger partial charge >= 0.3 is 12.2 Å². The van der Waals surface area contributed by atoms with Gasteiger partial charge in [-0.15, -0.1) is 0 Å². The van der Waals surface area contributed by atoms with E-state index >= 15 is 0 Å². The number of hydrogen-bond donors (Lipinski definition) is 4. The SMILES string of the molecule is CC(C)(C)OC(=O)N[C@H](CO)CCCN=C(N)NC(=O)OCc1ccccc1. The maximum Gasteiger partial charge on any atom is 0.414 e. The maximum absolute atomic E-state index is 11.7. The van der Waals surface area contributed by atoms with Gasteiger partial charge in [0.2, 0.25) is 0 Å². The molecule has 0 aliphatic heterocycles. The van der Waals surface area contributed by atoms with Crippen LogP contribution >= 0.6 is 0 Å². The van der Waals surface area contributed by atoms with Crippen molar-refractivity contribution >= 4 is 18.1 Å². The first-order chi connectivity index (χ1) is 13.2. The molecule has 0 saturated carbocycles. The van der Waals surface area contributed by atoms with Gasteiger partial charge in [0, 0.05) is 6.54 Å². The fourth-order valence-corrected chi connectivity index (χ4v) is 2.12. The second-order valence-electron chi connectivity index (χ2n) is 7.12. The predicted octanol–water partition coefficient (Wildman–Crippen LogP) is 1.89. The number of alkyl carbamates (subject to hydrolysis) is 2. The number of amides is 2. The van der Waals surface area contributed by atoms with Crippen LogP contribution in [0.15, 0.2) is 35.3 Å². The number of aliphatic hydroxyl groups is 1. The van der Waals surface area contributed by atoms with Crippen LogP contribution in [0.25, 0.3) is 0 Å². The lowest BCUT2D eigenvalue weighted by Gasteiger charge is -2.22. The first-order valence-electron chi connectivity index (χ1n) is 9.07. The minimum Gasteiger partial charge on any atom is -0.444 e. The van der Waals surface area contributed by atoms with Crippen molar-refractivity contribution in [3.8, 4) is 0 Å². The van der Waals surface area contributed by atoms with Crippen molar-refractivity contribution < 1.29 is 24.2 Å². The van der Waals surface area contributed by atoms with Crippen LogP contribution in [0.4, 0.5) is 9.59 Å². The minimum atomic E-state index is -0.690. The molecule has 1 rings (SSSR count). The van der Waals surface area contributed by atoms with Crippen molar-refractivity contribution in [1.29, 1.82) is 0 Å². The molecule has 9 nitrogen and oxygen atoms in total. The number of carbonyl (C=O) groups excluding carboxylic acids is 2. The fourth-order valence-electron chi connectivity index (χ4n) is 2.12. The number of nitrogens with zero attached hydrogens (tertiary/aromatic N) is 1. The van der Waals surface area contributed by atoms with Crippen LogP contribution in [0.3, 0.4) is 0 Å². The first kappa shape index (κ1) is 23.2. The molecule has 0 aromatic heterocycles. The zero-order valence-corrected chi connectivity index (χ0v) is 16.6. The molecule has 1 aromatic carbocycles. The summed E-state index contributed by atoms with van der Waals surface area (Å²) in [7, 11) is 0. The van der Waals surface area contributed by atoms with E-state index in [9.17, 15) is 14.7 Å². The monoisotopic (exact) mass is 394 g/mol. The molecule has 0 aliphatic rings. The Kier molecular flexibility index (Phi) is 9.80. The van der Waals surface area contributed by atoms with E-state index in [1.54, 1.807) is 20.8 Å². The summed E-state index contributed by atoms with van der Waals surface area (Å²) >= 11 is 0. The Balaban J connectivity index is 2.26. The van der Waals surface area contributed by atoms with Gasteiger partial charge < -0.3 is 25.6 Å². The molecule has 0 bridgehead atoms. The van der Waals surface area contributed by atoms with Gasteiger partial charge in [0.25, 0.3) is 0 Å². The molecular weight excluding hydrogens is 364 g/mol. The average Bonchev–Trinajstić information content (AvgIpc) is 2.61. The Labute approximate surface area is 165 Å². The minimum absolute atomic E-state index is 0.0567. The molecular formula is C19H30N4O5. The lowest BCUT2D eigenvalue weighted by molar-refractivity contribution is 0.0478. The number of carbonyl (C=O) groups is 2. The summed E-state index contributed by atoms with van der Waals surface area (Å²) in [5.74, 6) is -0.0567. The number of nitrogens with one attached hydrogen (secondary N) is 2. The molecule has 0 aliphatic carbocycles. The molecule has 0 spiro atoms. The molecule has 2 amide bonds. The van der Waals surface area contributed by atoms with Crippen LogP contribution in [0.2, 0.25) is 0 Å². The number of guanidine groups is 1. The third-order valence-corrected chi connectivity index (χ3v) is 3.38. The zero-order chi connectivity index (χ0) is 21.0. The number of aliphatic hydroxyl groups excluding tert-OH is 1. The molecule has 0 heterocycles. The summed E-state index contributed by atoms with van der Waals surface area (Å²) in [6.45, 7) is 5.51. The van der Waals surface area contributed by atoms with Crippen LogP contribution < -0.4 is 16.4 Å². The normalized spacial score (nSPS) is 12.8. The van der Waals surface area contributed by atoms with Gasteiger partial charge in [0.1, 0.15) is 12.2 Å². The largest absolute Gasteiger partial charge is 0.444 e. The molecule has 1 aromatic rings. The molecule has 0 radical (unpaired) electrons. The average molecular weight is 394 g/mol. The third kappa shape index (κ3) is 11.0. The lowest BCUT2D eigenvalue weighted by Crippen LogP contribution is -2.41. The Bertz CT molecular complexity index is 643. The van der Waals surface area contributed by atoms with Gasteiger partial charge in [0.15, 0.2) is 5.96 Å². The van der Waals surface area contributed by atoms with Crippen LogP contribution in [0.5, 0.6) is 0 Å². The van der Waals surface area contributed by atoms with Gasteiger partial charge in [-0.2, -0.15) is 0 Å². The van der Waals surface area contributed by atoms with Crippen LogP contribution in [0.1, 0.15) is 39.2 Å². The Hall–Kier alpha value is -2.81. The van der Waals surface area contributed by atoms with E-state index in [0.717, 1.165) is 5.56 Å². The molecule has 0 saturated heterocycles. The lowest BCUT2D eigenvalue weighted by atomic mass is 10.1. The van der Waals surface area contributed by atoms with Crippen molar-refractivity contribution in [3.63, 3.8) is 0 Å². The van der Waals surface area contributed by atoms with E-state index in [4.69, 9.17) is 15.2 Å². The quantitative estimate of drug-likeness (QED) is 0.302. The highest BCUT2D eigenvalue weighted by molar-refractivity contribution is 5.92. The van der Waals surface area contributed by atoms with Gasteiger partial charge in [0.05, 0.1) is 12.6 Å². The number of hydrogen-bond acceptors (Lipinski definition) is 6. The predicted molar refractivity (Wildman–Crippen MR) is 106 cm³/mol. The summed E-state index contributed by atoms with van der Waals surface area (Å²) in [4.78, 5) is 27.4. The Morgan fingerprint density at radius 2 is 1.89 bits per heavy atom. The maximum atomic E-state index is 11.7. The Morgan fingerprint density at radius 3 is 2.50 bits per heavy atom. The molecule has 5 N–H and O–H groups in total. The van der Waals surface area contributed by atoms with E-state index < -0.39 is 23.8 Å². The molecule has 156 valence electrons. The molecule has 1 atom stereocenters. The summed E-state index contributed by atoms with van der Waals surface area (Å²) < 4.78 is 10.2. The van der Waals surface area contributed by atoms with Crippen molar-refractivity contribution in [3.05, 3.63) is 35.9 Å². The number of aliphatic imine (C=N–C) groups is 1. The van der Waals surface area contributed by atoms with Gasteiger partial charge in [-0.3, -0.25) is 10.3 Å². The summed E-state index contributed by atoms with van der Waals surface area (Å²) in [6.07, 6.45) is -0.254. The second kappa shape index (κ2) is 11.8. The highest BCUT2D eigenvalue weighted by atomic mass is 16.6. The van der Waals surface area contributed by atoms with E-state index in [-0.39, 0.29) is 19.2 Å². The number of rotatable bonds is 8. The van der Waals surface area contributed by atoms with Crippen LogP contribution in [0, 0.1) is 0 Å². The van der Waals surface area contributed by atoms with Gasteiger partial charge in [-0.25, -0.2) is 9.59 Å². The fraction of sp³-hybridized carbons (Fsp3) is 0.526. The molecule has 9 heteroatoms. The van der Waals surface area contributed by atoms with Crippen molar-refractivity contribution in [1.82, 2.24) is 10.6 Å². The number of benzene rings is 1. The Morgan fingerprint density at radius 1 is 1.21 bits per heavy atom. The second-order valence-corrected chi connectivity index (χ2v) is 7.12. The smallest absolute Gasteiger partial charge is 0.414 e. The van der Waals surface area contributed by atoms with Crippen molar-refractivity contribution in [2.45, 2.75) is 51.9 Å². The molecule has 0 fully saturated rings. The summed E-state index contributed by atoms with van der Waals surface area (Å²) in [5, 5.41) is 14.3. The standard InChI is InChI=1S/C19H30N4O5/c1-19(2,3)28-18(26)22-15(12-24)10-7-11-21-16(20)23-17(25)27-13-14-8-5-4-6-9-14/h4-6,8-9,15,24H,7,10-13H2,1-3H3,(H,22,26)(H3,20,21,23,25)/t15-/m0/s1. The highest BCUT2D eigenvalue weighted by Gasteiger charge is 2.18. The topological polar surface area (TPSA) is 135 Å². The van der Waals surface area contributed by atoms with E-state index in [1.165, 1.54) is 0 Å². The van der Waals surface area contributed by atoms with Gasteiger partial charge in [-0.1, -0.05) is 30.3 Å². The van der Waals surface area contributed by atoms with E-state index in [0.29, 0.717) is 19.4 Å². The summed E-state index contributed by atoms with van der Waals surface area (Å²) in [5.41, 5.74) is 5.90. The number of ether oxygens (including phenoxy) is 2. The number of nitrogens with two attached hydrogens (primary N) is 1. The van der Waals surface area contributed by atoms with Crippen molar-refractivity contribution in [2.75, 3.05) is 13.2 Å². The highest BCUT2D eigenvalue weighted by Crippen LogP contribution is 2.07. The van der Waals surface area contributed by atoms with E-state index in [1.807, 2.05) is 30.3 Å². The van der Waals surface area contributed by atoms with Gasteiger partial charge in [-0.05, 0) is 39.2 Å². The van der Waals surface area contributed by atoms with E-state index in [2.05, 4.69) is 15.6 Å². The molecule has 28 heavy (non-hydrogen) atoms. The first-order valence-corrected chi connectivity index (χ1v) is 9.07. The zero-order valence-electron chi connectivity index (χ0n) is 16.6. The van der Waals surface area contributed by atoms with Crippen LogP contribution in [-0.2, 0) is 16.1 Å². The molecule has 0 unspecified atom stereocenters. The van der Waals surface area contributed by atoms with Crippen LogP contribution in [-0.4, -0.2) is 48.0 Å². The van der Waals surface area contributed by atoms with Crippen molar-refractivity contribution in [2.24, 2.45) is 10.7 Å². The summed E-state index contributed by atoms with van der Waals surface area (Å²) in [6, 6.07) is 8.81.